The average molecular weight is 254 g/mol. The number of unbranched alkanes of at least 4 members (excludes halogenated alkanes) is 1. The zero-order valence-corrected chi connectivity index (χ0v) is 11.5. The predicted octanol–water partition coefficient (Wildman–Crippen LogP) is 2.31. The summed E-state index contributed by atoms with van der Waals surface area (Å²) < 4.78 is 0. The standard InChI is InChI=1S/C13H22N2OS/c1-13(11-16,14-2)7-3-4-10-17-12-5-8-15-9-6-12/h5-6,8-9,14,16H,3-4,7,10-11H2,1-2H3. The quantitative estimate of drug-likeness (QED) is 0.552. The third kappa shape index (κ3) is 5.52. The molecule has 17 heavy (non-hydrogen) atoms. The van der Waals surface area contributed by atoms with Crippen LogP contribution < -0.4 is 5.32 Å². The van der Waals surface area contributed by atoms with Crippen LogP contribution in [0, 0.1) is 0 Å². The number of hydrogen-bond acceptors (Lipinski definition) is 4. The minimum Gasteiger partial charge on any atom is -0.394 e. The second kappa shape index (κ2) is 7.69. The van der Waals surface area contributed by atoms with Crippen molar-refractivity contribution in [3.05, 3.63) is 24.5 Å². The number of thioether (sulfide) groups is 1. The highest BCUT2D eigenvalue weighted by atomic mass is 32.2. The topological polar surface area (TPSA) is 45.1 Å². The highest BCUT2D eigenvalue weighted by Crippen LogP contribution is 2.20. The number of rotatable bonds is 8. The first-order chi connectivity index (χ1) is 8.20. The molecule has 0 aliphatic rings. The SMILES string of the molecule is CNC(C)(CO)CCCCSc1ccncc1. The van der Waals surface area contributed by atoms with E-state index in [1.165, 1.54) is 11.3 Å². The number of nitrogens with zero attached hydrogens (tertiary/aromatic N) is 1. The number of likely N-dealkylation sites (N-methyl/N-ethyl adjacent to an activating group) is 1. The number of hydrogen-bond donors (Lipinski definition) is 2. The Hall–Kier alpha value is -0.580. The van der Waals surface area contributed by atoms with Crippen LogP contribution in [-0.4, -0.2) is 35.0 Å². The predicted molar refractivity (Wildman–Crippen MR) is 73.4 cm³/mol. The van der Waals surface area contributed by atoms with Crippen LogP contribution in [0.3, 0.4) is 0 Å². The summed E-state index contributed by atoms with van der Waals surface area (Å²) in [5.74, 6) is 1.12. The molecule has 1 aromatic heterocycles. The molecule has 0 bridgehead atoms. The van der Waals surface area contributed by atoms with Crippen molar-refractivity contribution >= 4 is 11.8 Å². The van der Waals surface area contributed by atoms with Gasteiger partial charge in [0.15, 0.2) is 0 Å². The lowest BCUT2D eigenvalue weighted by atomic mass is 9.96. The highest BCUT2D eigenvalue weighted by molar-refractivity contribution is 7.99. The maximum atomic E-state index is 9.25. The number of nitrogens with one attached hydrogen (secondary N) is 1. The fourth-order valence-corrected chi connectivity index (χ4v) is 2.42. The van der Waals surface area contributed by atoms with Crippen molar-refractivity contribution < 1.29 is 5.11 Å². The number of pyridine rings is 1. The van der Waals surface area contributed by atoms with Crippen molar-refractivity contribution in [2.24, 2.45) is 0 Å². The molecule has 2 N–H and O–H groups in total. The monoisotopic (exact) mass is 254 g/mol. The molecule has 1 atom stereocenters. The molecule has 0 radical (unpaired) electrons. The Morgan fingerprint density at radius 1 is 1.35 bits per heavy atom. The van der Waals surface area contributed by atoms with Crippen molar-refractivity contribution in [1.29, 1.82) is 0 Å². The van der Waals surface area contributed by atoms with Crippen LogP contribution >= 0.6 is 11.8 Å². The van der Waals surface area contributed by atoms with E-state index in [2.05, 4.69) is 17.2 Å². The summed E-state index contributed by atoms with van der Waals surface area (Å²) in [4.78, 5) is 5.27. The molecule has 0 aromatic carbocycles. The molecule has 0 aliphatic heterocycles. The Labute approximate surface area is 108 Å². The molecular weight excluding hydrogens is 232 g/mol. The molecule has 1 heterocycles. The Balaban J connectivity index is 2.13. The maximum absolute atomic E-state index is 9.25. The van der Waals surface area contributed by atoms with Gasteiger partial charge in [0.1, 0.15) is 0 Å². The van der Waals surface area contributed by atoms with Gasteiger partial charge in [-0.15, -0.1) is 11.8 Å². The summed E-state index contributed by atoms with van der Waals surface area (Å²) in [5, 5.41) is 12.4. The molecular formula is C13H22N2OS. The third-order valence-electron chi connectivity index (χ3n) is 2.99. The van der Waals surface area contributed by atoms with Crippen LogP contribution in [-0.2, 0) is 0 Å². The molecule has 0 aliphatic carbocycles. The smallest absolute Gasteiger partial charge is 0.0610 e. The lowest BCUT2D eigenvalue weighted by molar-refractivity contribution is 0.171. The van der Waals surface area contributed by atoms with Crippen molar-refractivity contribution in [1.82, 2.24) is 10.3 Å². The highest BCUT2D eigenvalue weighted by Gasteiger charge is 2.19. The summed E-state index contributed by atoms with van der Waals surface area (Å²) in [6.45, 7) is 2.25. The van der Waals surface area contributed by atoms with Gasteiger partial charge in [0.05, 0.1) is 6.61 Å². The minimum absolute atomic E-state index is 0.124. The molecule has 0 spiro atoms. The van der Waals surface area contributed by atoms with E-state index < -0.39 is 0 Å². The zero-order chi connectivity index (χ0) is 12.6. The molecule has 0 fully saturated rings. The zero-order valence-electron chi connectivity index (χ0n) is 10.6. The van der Waals surface area contributed by atoms with E-state index in [0.29, 0.717) is 0 Å². The lowest BCUT2D eigenvalue weighted by Crippen LogP contribution is -2.43. The fraction of sp³-hybridized carbons (Fsp3) is 0.615. The van der Waals surface area contributed by atoms with Crippen LogP contribution in [0.4, 0.5) is 0 Å². The minimum atomic E-state index is -0.124. The Morgan fingerprint density at radius 2 is 2.06 bits per heavy atom. The van der Waals surface area contributed by atoms with Gasteiger partial charge in [-0.25, -0.2) is 0 Å². The Bertz CT molecular complexity index is 302. The molecule has 0 amide bonds. The van der Waals surface area contributed by atoms with Gasteiger partial charge in [-0.2, -0.15) is 0 Å². The van der Waals surface area contributed by atoms with Crippen LogP contribution in [0.15, 0.2) is 29.4 Å². The van der Waals surface area contributed by atoms with Gasteiger partial charge in [0.2, 0.25) is 0 Å². The van der Waals surface area contributed by atoms with E-state index in [0.717, 1.165) is 18.6 Å². The summed E-state index contributed by atoms with van der Waals surface area (Å²) in [7, 11) is 1.90. The summed E-state index contributed by atoms with van der Waals surface area (Å²) >= 11 is 1.86. The molecule has 0 saturated heterocycles. The fourth-order valence-electron chi connectivity index (χ4n) is 1.52. The number of aliphatic hydroxyl groups is 1. The van der Waals surface area contributed by atoms with Crippen LogP contribution in [0.1, 0.15) is 26.2 Å². The lowest BCUT2D eigenvalue weighted by Gasteiger charge is -2.26. The van der Waals surface area contributed by atoms with Crippen LogP contribution in [0.25, 0.3) is 0 Å². The second-order valence-corrected chi connectivity index (χ2v) is 5.63. The van der Waals surface area contributed by atoms with Gasteiger partial charge >= 0.3 is 0 Å². The van der Waals surface area contributed by atoms with E-state index in [1.54, 1.807) is 0 Å². The molecule has 1 unspecified atom stereocenters. The number of aromatic nitrogens is 1. The first-order valence-corrected chi connectivity index (χ1v) is 7.01. The summed E-state index contributed by atoms with van der Waals surface area (Å²) in [6, 6.07) is 4.08. The van der Waals surface area contributed by atoms with E-state index in [4.69, 9.17) is 0 Å². The van der Waals surface area contributed by atoms with Gasteiger partial charge in [-0.1, -0.05) is 6.42 Å². The van der Waals surface area contributed by atoms with Crippen molar-refractivity contribution in [3.8, 4) is 0 Å². The van der Waals surface area contributed by atoms with Crippen LogP contribution in [0.5, 0.6) is 0 Å². The maximum Gasteiger partial charge on any atom is 0.0610 e. The number of aliphatic hydroxyl groups excluding tert-OH is 1. The largest absolute Gasteiger partial charge is 0.394 e. The van der Waals surface area contributed by atoms with Gasteiger partial charge < -0.3 is 10.4 Å². The van der Waals surface area contributed by atoms with Gasteiger partial charge in [-0.3, -0.25) is 4.98 Å². The molecule has 0 saturated carbocycles. The molecule has 4 heteroatoms. The van der Waals surface area contributed by atoms with E-state index in [1.807, 2.05) is 43.3 Å². The van der Waals surface area contributed by atoms with Gasteiger partial charge in [-0.05, 0) is 44.7 Å². The van der Waals surface area contributed by atoms with Crippen molar-refractivity contribution in [2.45, 2.75) is 36.6 Å². The van der Waals surface area contributed by atoms with E-state index >= 15 is 0 Å². The summed E-state index contributed by atoms with van der Waals surface area (Å²) in [5.41, 5.74) is -0.124. The Kier molecular flexibility index (Phi) is 6.55. The van der Waals surface area contributed by atoms with E-state index in [-0.39, 0.29) is 12.1 Å². The second-order valence-electron chi connectivity index (χ2n) is 4.46. The molecule has 1 aromatic rings. The average Bonchev–Trinajstić information content (AvgIpc) is 2.39. The molecule has 3 nitrogen and oxygen atoms in total. The normalized spacial score (nSPS) is 14.5. The molecule has 96 valence electrons. The third-order valence-corrected chi connectivity index (χ3v) is 4.09. The van der Waals surface area contributed by atoms with Crippen molar-refractivity contribution in [2.75, 3.05) is 19.4 Å². The summed E-state index contributed by atoms with van der Waals surface area (Å²) in [6.07, 6.45) is 6.97. The first kappa shape index (κ1) is 14.5. The Morgan fingerprint density at radius 3 is 2.65 bits per heavy atom. The van der Waals surface area contributed by atoms with E-state index in [9.17, 15) is 5.11 Å². The van der Waals surface area contributed by atoms with Gasteiger partial charge in [0, 0.05) is 22.8 Å². The van der Waals surface area contributed by atoms with Crippen LogP contribution in [0.2, 0.25) is 0 Å². The van der Waals surface area contributed by atoms with Crippen molar-refractivity contribution in [3.63, 3.8) is 0 Å². The van der Waals surface area contributed by atoms with Gasteiger partial charge in [0.25, 0.3) is 0 Å². The molecule has 1 rings (SSSR count). The first-order valence-electron chi connectivity index (χ1n) is 6.03.